The van der Waals surface area contributed by atoms with Crippen LogP contribution >= 0.6 is 11.6 Å². The van der Waals surface area contributed by atoms with Gasteiger partial charge in [0.15, 0.2) is 11.2 Å². The molecule has 0 aliphatic carbocycles. The van der Waals surface area contributed by atoms with E-state index in [1.807, 2.05) is 0 Å². The molecule has 2 aromatic carbocycles. The maximum Gasteiger partial charge on any atom is 0.573 e. The van der Waals surface area contributed by atoms with Gasteiger partial charge in [0.25, 0.3) is 5.56 Å². The molecule has 0 saturated heterocycles. The zero-order chi connectivity index (χ0) is 26.7. The van der Waals surface area contributed by atoms with Crippen LogP contribution in [0.15, 0.2) is 58.1 Å². The summed E-state index contributed by atoms with van der Waals surface area (Å²) in [5.74, 6) is -0.522. The number of hydrogen-bond donors (Lipinski definition) is 1. The fraction of sp³-hybridized carbons (Fsp3) is 0.292. The Morgan fingerprint density at radius 2 is 1.73 bits per heavy atom. The molecule has 2 heterocycles. The number of benzene rings is 2. The number of aromatic nitrogens is 4. The Labute approximate surface area is 212 Å². The predicted molar refractivity (Wildman–Crippen MR) is 129 cm³/mol. The van der Waals surface area contributed by atoms with Crippen molar-refractivity contribution in [2.24, 2.45) is 7.05 Å². The molecule has 4 aromatic rings. The summed E-state index contributed by atoms with van der Waals surface area (Å²) in [6.07, 6.45) is -4.08. The molecule has 0 bridgehead atoms. The summed E-state index contributed by atoms with van der Waals surface area (Å²) >= 11 is 5.99. The number of aryl methyl sites for hydroxylation is 1. The van der Waals surface area contributed by atoms with E-state index >= 15 is 0 Å². The Balaban J connectivity index is 1.85. The second-order valence-corrected chi connectivity index (χ2v) is 8.57. The van der Waals surface area contributed by atoms with Crippen LogP contribution in [0.5, 0.6) is 17.5 Å². The first kappa shape index (κ1) is 26.3. The minimum absolute atomic E-state index is 0.0253. The molecule has 0 fully saturated rings. The average Bonchev–Trinajstić information content (AvgIpc) is 3.18. The number of hydrogen-bond acceptors (Lipinski definition) is 6. The van der Waals surface area contributed by atoms with Gasteiger partial charge in [-0.05, 0) is 42.7 Å². The van der Waals surface area contributed by atoms with Gasteiger partial charge in [-0.1, -0.05) is 29.8 Å². The summed E-state index contributed by atoms with van der Waals surface area (Å²) in [4.78, 5) is 30.7. The van der Waals surface area contributed by atoms with Crippen LogP contribution in [-0.2, 0) is 20.1 Å². The summed E-state index contributed by atoms with van der Waals surface area (Å²) < 4.78 is 51.5. The summed E-state index contributed by atoms with van der Waals surface area (Å²) in [6.45, 7) is 0.0912. The zero-order valence-corrected chi connectivity index (χ0v) is 20.3. The highest BCUT2D eigenvalue weighted by molar-refractivity contribution is 6.30. The van der Waals surface area contributed by atoms with E-state index in [1.165, 1.54) is 28.3 Å². The first-order valence-corrected chi connectivity index (χ1v) is 11.5. The molecule has 0 atom stereocenters. The molecule has 0 aliphatic rings. The summed E-state index contributed by atoms with van der Waals surface area (Å²) in [6, 6.07) is 11.5. The van der Waals surface area contributed by atoms with Crippen molar-refractivity contribution >= 4 is 22.8 Å². The Morgan fingerprint density at radius 1 is 1.03 bits per heavy atom. The number of unbranched alkanes of at least 4 members (excludes halogenated alkanes) is 1. The third-order valence-electron chi connectivity index (χ3n) is 5.49. The van der Waals surface area contributed by atoms with E-state index in [-0.39, 0.29) is 42.6 Å². The number of imidazole rings is 1. The van der Waals surface area contributed by atoms with Crippen molar-refractivity contribution in [3.8, 4) is 17.5 Å². The van der Waals surface area contributed by atoms with Gasteiger partial charge >= 0.3 is 18.1 Å². The molecule has 0 unspecified atom stereocenters. The number of aliphatic hydroxyl groups is 1. The second kappa shape index (κ2) is 10.7. The van der Waals surface area contributed by atoms with Gasteiger partial charge in [-0.3, -0.25) is 18.5 Å². The smallest absolute Gasteiger partial charge is 0.425 e. The molecule has 0 amide bonds. The highest BCUT2D eigenvalue weighted by Crippen LogP contribution is 2.30. The van der Waals surface area contributed by atoms with Crippen LogP contribution in [-0.4, -0.2) is 36.8 Å². The topological polar surface area (TPSA) is 101 Å². The van der Waals surface area contributed by atoms with E-state index in [0.717, 1.165) is 22.3 Å². The van der Waals surface area contributed by atoms with Gasteiger partial charge in [0, 0.05) is 31.3 Å². The van der Waals surface area contributed by atoms with Crippen molar-refractivity contribution in [2.75, 3.05) is 6.61 Å². The lowest BCUT2D eigenvalue weighted by molar-refractivity contribution is -0.274. The van der Waals surface area contributed by atoms with Crippen molar-refractivity contribution in [1.29, 1.82) is 0 Å². The largest absolute Gasteiger partial charge is 0.573 e. The van der Waals surface area contributed by atoms with Gasteiger partial charge in [0.05, 0.1) is 6.54 Å². The third-order valence-corrected chi connectivity index (χ3v) is 5.74. The summed E-state index contributed by atoms with van der Waals surface area (Å²) in [5, 5.41) is 9.59. The molecule has 0 spiro atoms. The van der Waals surface area contributed by atoms with Gasteiger partial charge in [-0.2, -0.15) is 4.98 Å². The maximum atomic E-state index is 13.4. The molecule has 0 saturated carbocycles. The Kier molecular flexibility index (Phi) is 7.60. The van der Waals surface area contributed by atoms with Crippen molar-refractivity contribution in [1.82, 2.24) is 18.7 Å². The molecule has 0 radical (unpaired) electrons. The molecule has 4 rings (SSSR count). The Hall–Kier alpha value is -3.77. The third kappa shape index (κ3) is 5.97. The van der Waals surface area contributed by atoms with Gasteiger partial charge in [0.2, 0.25) is 0 Å². The minimum atomic E-state index is -4.89. The highest BCUT2D eigenvalue weighted by atomic mass is 35.5. The number of rotatable bonds is 9. The molecule has 2 aromatic heterocycles. The van der Waals surface area contributed by atoms with Crippen molar-refractivity contribution in [3.63, 3.8) is 0 Å². The van der Waals surface area contributed by atoms with E-state index in [0.29, 0.717) is 17.9 Å². The SMILES string of the molecule is Cn1c(=O)n(CCCCO)c(=O)c2c1nc(Oc1cccc(OC(F)(F)F)c1)n2Cc1ccc(Cl)cc1. The van der Waals surface area contributed by atoms with E-state index in [4.69, 9.17) is 21.4 Å². The van der Waals surface area contributed by atoms with Gasteiger partial charge < -0.3 is 14.6 Å². The summed E-state index contributed by atoms with van der Waals surface area (Å²) in [7, 11) is 1.45. The van der Waals surface area contributed by atoms with E-state index in [1.54, 1.807) is 24.3 Å². The van der Waals surface area contributed by atoms with Gasteiger partial charge in [0.1, 0.15) is 11.5 Å². The first-order chi connectivity index (χ1) is 17.6. The Bertz CT molecular complexity index is 1530. The fourth-order valence-electron chi connectivity index (χ4n) is 3.77. The standard InChI is InChI=1S/C24H22ClF3N4O5/c1-30-20-19(21(34)31(23(30)35)11-2-3-12-33)32(14-15-7-9-16(25)10-8-15)22(29-20)36-17-5-4-6-18(13-17)37-24(26,27)28/h4-10,13,33H,2-3,11-12,14H2,1H3. The lowest BCUT2D eigenvalue weighted by atomic mass is 10.2. The average molecular weight is 539 g/mol. The van der Waals surface area contributed by atoms with Crippen LogP contribution in [0.25, 0.3) is 11.2 Å². The lowest BCUT2D eigenvalue weighted by Gasteiger charge is -2.12. The normalized spacial score (nSPS) is 11.7. The number of ether oxygens (including phenoxy) is 2. The van der Waals surface area contributed by atoms with Crippen LogP contribution in [0.3, 0.4) is 0 Å². The zero-order valence-electron chi connectivity index (χ0n) is 19.5. The second-order valence-electron chi connectivity index (χ2n) is 8.13. The minimum Gasteiger partial charge on any atom is -0.425 e. The molecule has 196 valence electrons. The first-order valence-electron chi connectivity index (χ1n) is 11.2. The predicted octanol–water partition coefficient (Wildman–Crippen LogP) is 4.06. The molecule has 13 heteroatoms. The van der Waals surface area contributed by atoms with Crippen LogP contribution in [0.2, 0.25) is 5.02 Å². The van der Waals surface area contributed by atoms with Crippen molar-refractivity contribution in [2.45, 2.75) is 32.3 Å². The van der Waals surface area contributed by atoms with E-state index in [2.05, 4.69) is 9.72 Å². The molecular weight excluding hydrogens is 517 g/mol. The van der Waals surface area contributed by atoms with Crippen LogP contribution in [0.1, 0.15) is 18.4 Å². The quantitative estimate of drug-likeness (QED) is 0.323. The van der Waals surface area contributed by atoms with Gasteiger partial charge in [-0.25, -0.2) is 4.79 Å². The van der Waals surface area contributed by atoms with E-state index in [9.17, 15) is 22.8 Å². The summed E-state index contributed by atoms with van der Waals surface area (Å²) in [5.41, 5.74) is -0.373. The van der Waals surface area contributed by atoms with E-state index < -0.39 is 23.4 Å². The Morgan fingerprint density at radius 3 is 2.41 bits per heavy atom. The van der Waals surface area contributed by atoms with Crippen molar-refractivity contribution in [3.05, 3.63) is 80.0 Å². The van der Waals surface area contributed by atoms with Crippen LogP contribution in [0, 0.1) is 0 Å². The van der Waals surface area contributed by atoms with Crippen LogP contribution in [0.4, 0.5) is 13.2 Å². The molecule has 9 nitrogen and oxygen atoms in total. The molecule has 0 aliphatic heterocycles. The molecular formula is C24H22ClF3N4O5. The highest BCUT2D eigenvalue weighted by Gasteiger charge is 2.31. The number of alkyl halides is 3. The van der Waals surface area contributed by atoms with Crippen LogP contribution < -0.4 is 20.7 Å². The number of fused-ring (bicyclic) bond motifs is 1. The fourth-order valence-corrected chi connectivity index (χ4v) is 3.89. The molecule has 37 heavy (non-hydrogen) atoms. The number of nitrogens with zero attached hydrogens (tertiary/aromatic N) is 4. The number of halogens is 4. The van der Waals surface area contributed by atoms with Gasteiger partial charge in [-0.15, -0.1) is 13.2 Å². The monoisotopic (exact) mass is 538 g/mol. The lowest BCUT2D eigenvalue weighted by Crippen LogP contribution is -2.39. The number of aliphatic hydroxyl groups excluding tert-OH is 1. The maximum absolute atomic E-state index is 13.4. The van der Waals surface area contributed by atoms with Crippen molar-refractivity contribution < 1.29 is 27.8 Å². The molecule has 1 N–H and O–H groups in total.